The van der Waals surface area contributed by atoms with Crippen LogP contribution in [0.5, 0.6) is 0 Å². The van der Waals surface area contributed by atoms with Gasteiger partial charge in [-0.15, -0.1) is 11.3 Å². The third-order valence-electron chi connectivity index (χ3n) is 2.85. The Balaban J connectivity index is 2.10. The van der Waals surface area contributed by atoms with E-state index in [4.69, 9.17) is 5.26 Å². The van der Waals surface area contributed by atoms with Crippen LogP contribution in [0.3, 0.4) is 0 Å². The van der Waals surface area contributed by atoms with Crippen molar-refractivity contribution in [1.82, 2.24) is 9.97 Å². The van der Waals surface area contributed by atoms with Crippen molar-refractivity contribution in [2.24, 2.45) is 0 Å². The summed E-state index contributed by atoms with van der Waals surface area (Å²) in [6, 6.07) is 11.9. The van der Waals surface area contributed by atoms with Crippen molar-refractivity contribution in [3.8, 4) is 16.8 Å². The molecule has 0 unspecified atom stereocenters. The van der Waals surface area contributed by atoms with Crippen molar-refractivity contribution in [3.63, 3.8) is 0 Å². The van der Waals surface area contributed by atoms with Crippen molar-refractivity contribution in [2.45, 2.75) is 13.3 Å². The van der Waals surface area contributed by atoms with E-state index in [0.29, 0.717) is 5.56 Å². The summed E-state index contributed by atoms with van der Waals surface area (Å²) in [7, 11) is 0. The Morgan fingerprint density at radius 3 is 2.94 bits per heavy atom. The average Bonchev–Trinajstić information content (AvgIpc) is 3.03. The van der Waals surface area contributed by atoms with Gasteiger partial charge in [-0.3, -0.25) is 0 Å². The van der Waals surface area contributed by atoms with Gasteiger partial charge in [-0.25, -0.2) is 4.98 Å². The lowest BCUT2D eigenvalue weighted by molar-refractivity contribution is 1.19. The lowest BCUT2D eigenvalue weighted by Gasteiger charge is -1.88. The molecule has 88 valence electrons. The molecule has 3 rings (SSSR count). The molecule has 3 nitrogen and oxygen atoms in total. The molecule has 0 atom stereocenters. The monoisotopic (exact) mass is 253 g/mol. The number of imidazole rings is 1. The molecule has 0 saturated carbocycles. The highest BCUT2D eigenvalue weighted by atomic mass is 32.1. The number of aromatic amines is 1. The quantitative estimate of drug-likeness (QED) is 0.756. The number of aryl methyl sites for hydroxylation is 1. The molecule has 3 aromatic rings. The Morgan fingerprint density at radius 2 is 2.22 bits per heavy atom. The number of H-pyrrole nitrogens is 1. The lowest BCUT2D eigenvalue weighted by Crippen LogP contribution is -1.73. The third-order valence-corrected chi connectivity index (χ3v) is 4.09. The third kappa shape index (κ3) is 1.79. The van der Waals surface area contributed by atoms with Crippen molar-refractivity contribution >= 4 is 22.4 Å². The number of nitrogens with zero attached hydrogens (tertiary/aromatic N) is 2. The maximum absolute atomic E-state index is 8.87. The van der Waals surface area contributed by atoms with Crippen LogP contribution in [0.1, 0.15) is 17.4 Å². The Kier molecular flexibility index (Phi) is 2.62. The Labute approximate surface area is 109 Å². The Morgan fingerprint density at radius 1 is 1.33 bits per heavy atom. The van der Waals surface area contributed by atoms with Crippen LogP contribution < -0.4 is 0 Å². The van der Waals surface area contributed by atoms with Gasteiger partial charge in [0, 0.05) is 4.88 Å². The molecule has 0 fully saturated rings. The predicted octanol–water partition coefficient (Wildman–Crippen LogP) is 3.73. The zero-order valence-electron chi connectivity index (χ0n) is 9.90. The Bertz CT molecular complexity index is 746. The molecule has 0 aliphatic rings. The second-order valence-electron chi connectivity index (χ2n) is 4.05. The first-order valence-corrected chi connectivity index (χ1v) is 6.60. The van der Waals surface area contributed by atoms with E-state index in [1.54, 1.807) is 17.4 Å². The molecule has 0 spiro atoms. The van der Waals surface area contributed by atoms with Crippen LogP contribution in [0.4, 0.5) is 0 Å². The van der Waals surface area contributed by atoms with Crippen LogP contribution in [0, 0.1) is 11.3 Å². The number of benzene rings is 1. The molecule has 4 heteroatoms. The summed E-state index contributed by atoms with van der Waals surface area (Å²) in [6.07, 6.45) is 1.05. The molecule has 18 heavy (non-hydrogen) atoms. The largest absolute Gasteiger partial charge is 0.337 e. The van der Waals surface area contributed by atoms with Crippen LogP contribution in [-0.2, 0) is 6.42 Å². The van der Waals surface area contributed by atoms with Gasteiger partial charge in [0.2, 0.25) is 0 Å². The zero-order valence-corrected chi connectivity index (χ0v) is 10.7. The highest BCUT2D eigenvalue weighted by Crippen LogP contribution is 2.28. The second kappa shape index (κ2) is 4.28. The molecule has 1 N–H and O–H groups in total. The van der Waals surface area contributed by atoms with E-state index in [9.17, 15) is 0 Å². The van der Waals surface area contributed by atoms with Gasteiger partial charge in [0.25, 0.3) is 0 Å². The molecule has 0 saturated heterocycles. The lowest BCUT2D eigenvalue weighted by atomic mass is 10.2. The van der Waals surface area contributed by atoms with E-state index in [1.807, 2.05) is 12.1 Å². The van der Waals surface area contributed by atoms with Gasteiger partial charge in [-0.2, -0.15) is 5.26 Å². The van der Waals surface area contributed by atoms with Gasteiger partial charge in [0.05, 0.1) is 27.5 Å². The summed E-state index contributed by atoms with van der Waals surface area (Å²) in [4.78, 5) is 10.3. The molecule has 0 bridgehead atoms. The van der Waals surface area contributed by atoms with Crippen LogP contribution >= 0.6 is 11.3 Å². The van der Waals surface area contributed by atoms with Crippen molar-refractivity contribution in [2.75, 3.05) is 0 Å². The number of nitrogens with one attached hydrogen (secondary N) is 1. The SMILES string of the molecule is CCc1ccc(-c2nc3ccc(C#N)cc3[nH]2)s1. The maximum atomic E-state index is 8.87. The van der Waals surface area contributed by atoms with E-state index in [0.717, 1.165) is 28.2 Å². The minimum Gasteiger partial charge on any atom is -0.337 e. The Hall–Kier alpha value is -2.12. The van der Waals surface area contributed by atoms with Crippen LogP contribution in [0.25, 0.3) is 21.7 Å². The summed E-state index contributed by atoms with van der Waals surface area (Å²) in [5, 5.41) is 8.87. The van der Waals surface area contributed by atoms with Gasteiger partial charge < -0.3 is 4.98 Å². The van der Waals surface area contributed by atoms with E-state index >= 15 is 0 Å². The van der Waals surface area contributed by atoms with E-state index in [-0.39, 0.29) is 0 Å². The first-order chi connectivity index (χ1) is 8.80. The summed E-state index contributed by atoms with van der Waals surface area (Å²) >= 11 is 1.75. The second-order valence-corrected chi connectivity index (χ2v) is 5.22. The number of thiophene rings is 1. The van der Waals surface area contributed by atoms with Gasteiger partial charge in [-0.1, -0.05) is 6.92 Å². The first-order valence-electron chi connectivity index (χ1n) is 5.79. The summed E-state index contributed by atoms with van der Waals surface area (Å²) in [5.74, 6) is 0.879. The van der Waals surface area contributed by atoms with E-state index in [2.05, 4.69) is 35.1 Å². The van der Waals surface area contributed by atoms with Gasteiger partial charge in [-0.05, 0) is 36.8 Å². The molecule has 0 amide bonds. The highest BCUT2D eigenvalue weighted by Gasteiger charge is 2.08. The van der Waals surface area contributed by atoms with Crippen molar-refractivity contribution < 1.29 is 0 Å². The maximum Gasteiger partial charge on any atom is 0.148 e. The molecule has 2 heterocycles. The fourth-order valence-electron chi connectivity index (χ4n) is 1.89. The number of hydrogen-bond acceptors (Lipinski definition) is 3. The topological polar surface area (TPSA) is 52.5 Å². The molecule has 0 aliphatic heterocycles. The zero-order chi connectivity index (χ0) is 12.5. The first kappa shape index (κ1) is 11.0. The minimum absolute atomic E-state index is 0.651. The number of fused-ring (bicyclic) bond motifs is 1. The molecule has 0 aliphatic carbocycles. The van der Waals surface area contributed by atoms with Gasteiger partial charge >= 0.3 is 0 Å². The molecular formula is C14H11N3S. The predicted molar refractivity (Wildman–Crippen MR) is 73.5 cm³/mol. The fraction of sp³-hybridized carbons (Fsp3) is 0.143. The van der Waals surface area contributed by atoms with Gasteiger partial charge in [0.15, 0.2) is 0 Å². The van der Waals surface area contributed by atoms with Crippen LogP contribution in [0.2, 0.25) is 0 Å². The minimum atomic E-state index is 0.651. The average molecular weight is 253 g/mol. The highest BCUT2D eigenvalue weighted by molar-refractivity contribution is 7.15. The smallest absolute Gasteiger partial charge is 0.148 e. The van der Waals surface area contributed by atoms with Gasteiger partial charge in [0.1, 0.15) is 5.82 Å². The molecular weight excluding hydrogens is 242 g/mol. The summed E-state index contributed by atoms with van der Waals surface area (Å²) < 4.78 is 0. The van der Waals surface area contributed by atoms with Crippen molar-refractivity contribution in [3.05, 3.63) is 40.8 Å². The number of hydrogen-bond donors (Lipinski definition) is 1. The van der Waals surface area contributed by atoms with Crippen LogP contribution in [0.15, 0.2) is 30.3 Å². The van der Waals surface area contributed by atoms with Crippen molar-refractivity contribution in [1.29, 1.82) is 5.26 Å². The van der Waals surface area contributed by atoms with Crippen LogP contribution in [-0.4, -0.2) is 9.97 Å². The normalized spacial score (nSPS) is 10.7. The standard InChI is InChI=1S/C14H11N3S/c1-2-10-4-6-13(18-10)14-16-11-5-3-9(8-15)7-12(11)17-14/h3-7H,2H2,1H3,(H,16,17). The number of rotatable bonds is 2. The molecule has 0 radical (unpaired) electrons. The fourth-order valence-corrected chi connectivity index (χ4v) is 2.78. The summed E-state index contributed by atoms with van der Waals surface area (Å²) in [5.41, 5.74) is 2.46. The van der Waals surface area contributed by atoms with E-state index < -0.39 is 0 Å². The number of aromatic nitrogens is 2. The number of nitriles is 1. The summed E-state index contributed by atoms with van der Waals surface area (Å²) in [6.45, 7) is 2.15. The molecule has 2 aromatic heterocycles. The van der Waals surface area contributed by atoms with E-state index in [1.165, 1.54) is 4.88 Å². The molecule has 1 aromatic carbocycles.